The highest BCUT2D eigenvalue weighted by Gasteiger charge is 2.14. The van der Waals surface area contributed by atoms with E-state index in [1.54, 1.807) is 6.07 Å². The molecule has 0 aliphatic carbocycles. The molecular weight excluding hydrogens is 308 g/mol. The highest BCUT2D eigenvalue weighted by Crippen LogP contribution is 2.26. The molecule has 2 rings (SSSR count). The molecule has 0 saturated carbocycles. The van der Waals surface area contributed by atoms with Crippen LogP contribution in [0.4, 0.5) is 0 Å². The Labute approximate surface area is 111 Å². The van der Waals surface area contributed by atoms with Crippen molar-refractivity contribution in [3.05, 3.63) is 55.1 Å². The van der Waals surface area contributed by atoms with Gasteiger partial charge in [-0.25, -0.2) is 0 Å². The Morgan fingerprint density at radius 2 is 2.12 bits per heavy atom. The van der Waals surface area contributed by atoms with Crippen molar-refractivity contribution in [1.29, 1.82) is 0 Å². The van der Waals surface area contributed by atoms with Crippen LogP contribution < -0.4 is 0 Å². The van der Waals surface area contributed by atoms with E-state index in [2.05, 4.69) is 15.9 Å². The molecule has 1 heterocycles. The Bertz CT molecular complexity index is 527. The SMILES string of the molecule is Cc1cc(Br)cc(C(=O)c2sccc2Cl)c1. The number of carbonyl (C=O) groups is 1. The molecule has 1 aromatic carbocycles. The van der Waals surface area contributed by atoms with Crippen molar-refractivity contribution < 1.29 is 4.79 Å². The Balaban J connectivity index is 2.45. The molecule has 1 nitrogen and oxygen atoms in total. The molecule has 0 atom stereocenters. The van der Waals surface area contributed by atoms with Gasteiger partial charge in [-0.05, 0) is 42.1 Å². The van der Waals surface area contributed by atoms with E-state index >= 15 is 0 Å². The van der Waals surface area contributed by atoms with Crippen LogP contribution in [-0.4, -0.2) is 5.78 Å². The van der Waals surface area contributed by atoms with Gasteiger partial charge in [0, 0.05) is 10.0 Å². The Hall–Kier alpha value is -0.640. The molecule has 82 valence electrons. The quantitative estimate of drug-likeness (QED) is 0.734. The fraction of sp³-hybridized carbons (Fsp3) is 0.0833. The van der Waals surface area contributed by atoms with Crippen LogP contribution in [0.2, 0.25) is 5.02 Å². The van der Waals surface area contributed by atoms with Crippen molar-refractivity contribution >= 4 is 44.7 Å². The van der Waals surface area contributed by atoms with Crippen molar-refractivity contribution in [3.63, 3.8) is 0 Å². The monoisotopic (exact) mass is 314 g/mol. The highest BCUT2D eigenvalue weighted by molar-refractivity contribution is 9.10. The Morgan fingerprint density at radius 1 is 1.38 bits per heavy atom. The van der Waals surface area contributed by atoms with Gasteiger partial charge in [0.05, 0.1) is 9.90 Å². The van der Waals surface area contributed by atoms with Crippen LogP contribution in [0.3, 0.4) is 0 Å². The summed E-state index contributed by atoms with van der Waals surface area (Å²) in [4.78, 5) is 12.7. The summed E-state index contributed by atoms with van der Waals surface area (Å²) in [6.45, 7) is 1.96. The molecule has 0 spiro atoms. The van der Waals surface area contributed by atoms with Crippen LogP contribution in [0.5, 0.6) is 0 Å². The standard InChI is InChI=1S/C12H8BrClOS/c1-7-4-8(6-9(13)5-7)11(15)12-10(14)2-3-16-12/h2-6H,1H3. The normalized spacial score (nSPS) is 10.4. The fourth-order valence-corrected chi connectivity index (χ4v) is 3.16. The van der Waals surface area contributed by atoms with Gasteiger partial charge in [-0.3, -0.25) is 4.79 Å². The van der Waals surface area contributed by atoms with Gasteiger partial charge in [-0.2, -0.15) is 0 Å². The zero-order valence-corrected chi connectivity index (χ0v) is 11.6. The van der Waals surface area contributed by atoms with Crippen LogP contribution >= 0.6 is 38.9 Å². The number of halogens is 2. The van der Waals surface area contributed by atoms with E-state index in [9.17, 15) is 4.79 Å². The minimum atomic E-state index is -0.0237. The van der Waals surface area contributed by atoms with Crippen molar-refractivity contribution in [2.75, 3.05) is 0 Å². The third kappa shape index (κ3) is 2.37. The lowest BCUT2D eigenvalue weighted by atomic mass is 10.1. The van der Waals surface area contributed by atoms with Gasteiger partial charge in [0.1, 0.15) is 0 Å². The van der Waals surface area contributed by atoms with Gasteiger partial charge in [0.25, 0.3) is 0 Å². The summed E-state index contributed by atoms with van der Waals surface area (Å²) in [5.74, 6) is -0.0237. The lowest BCUT2D eigenvalue weighted by Gasteiger charge is -2.02. The average molecular weight is 316 g/mol. The molecule has 4 heteroatoms. The van der Waals surface area contributed by atoms with Crippen LogP contribution in [-0.2, 0) is 0 Å². The number of hydrogen-bond donors (Lipinski definition) is 0. The molecular formula is C12H8BrClOS. The van der Waals surface area contributed by atoms with Gasteiger partial charge < -0.3 is 0 Å². The second-order valence-electron chi connectivity index (χ2n) is 3.44. The van der Waals surface area contributed by atoms with Gasteiger partial charge in [-0.15, -0.1) is 11.3 Å². The van der Waals surface area contributed by atoms with E-state index < -0.39 is 0 Å². The van der Waals surface area contributed by atoms with E-state index in [1.165, 1.54) is 11.3 Å². The molecule has 0 aliphatic heterocycles. The number of thiophene rings is 1. The van der Waals surface area contributed by atoms with Crippen molar-refractivity contribution in [3.8, 4) is 0 Å². The number of aryl methyl sites for hydroxylation is 1. The first-order chi connectivity index (χ1) is 7.58. The lowest BCUT2D eigenvalue weighted by molar-refractivity contribution is 0.104. The van der Waals surface area contributed by atoms with Crippen LogP contribution in [0, 0.1) is 6.92 Å². The largest absolute Gasteiger partial charge is 0.288 e. The zero-order valence-electron chi connectivity index (χ0n) is 8.46. The second-order valence-corrected chi connectivity index (χ2v) is 5.68. The second kappa shape index (κ2) is 4.70. The van der Waals surface area contributed by atoms with Gasteiger partial charge in [-0.1, -0.05) is 27.5 Å². The van der Waals surface area contributed by atoms with Gasteiger partial charge in [0.2, 0.25) is 5.78 Å². The molecule has 0 N–H and O–H groups in total. The summed E-state index contributed by atoms with van der Waals surface area (Å²) < 4.78 is 0.906. The average Bonchev–Trinajstić information content (AvgIpc) is 2.62. The van der Waals surface area contributed by atoms with Crippen molar-refractivity contribution in [2.24, 2.45) is 0 Å². The van der Waals surface area contributed by atoms with E-state index in [0.717, 1.165) is 10.0 Å². The molecule has 2 aromatic rings. The lowest BCUT2D eigenvalue weighted by Crippen LogP contribution is -1.99. The smallest absolute Gasteiger partial charge is 0.204 e. The third-order valence-corrected chi connectivity index (χ3v) is 3.93. The molecule has 0 fully saturated rings. The van der Waals surface area contributed by atoms with E-state index in [0.29, 0.717) is 15.5 Å². The van der Waals surface area contributed by atoms with Crippen molar-refractivity contribution in [1.82, 2.24) is 0 Å². The minimum absolute atomic E-state index is 0.0237. The minimum Gasteiger partial charge on any atom is -0.288 e. The molecule has 0 saturated heterocycles. The maximum Gasteiger partial charge on any atom is 0.204 e. The van der Waals surface area contributed by atoms with Gasteiger partial charge in [0.15, 0.2) is 0 Å². The third-order valence-electron chi connectivity index (χ3n) is 2.13. The summed E-state index contributed by atoms with van der Waals surface area (Å²) in [7, 11) is 0. The molecule has 0 radical (unpaired) electrons. The van der Waals surface area contributed by atoms with E-state index in [-0.39, 0.29) is 5.78 Å². The molecule has 16 heavy (non-hydrogen) atoms. The van der Waals surface area contributed by atoms with Gasteiger partial charge >= 0.3 is 0 Å². The first kappa shape index (κ1) is 11.8. The van der Waals surface area contributed by atoms with Crippen LogP contribution in [0.25, 0.3) is 0 Å². The van der Waals surface area contributed by atoms with Crippen LogP contribution in [0.1, 0.15) is 20.8 Å². The Kier molecular flexibility index (Phi) is 3.47. The first-order valence-electron chi connectivity index (χ1n) is 4.63. The zero-order chi connectivity index (χ0) is 11.7. The molecule has 0 aliphatic rings. The predicted molar refractivity (Wildman–Crippen MR) is 71.6 cm³/mol. The summed E-state index contributed by atoms with van der Waals surface area (Å²) in [6.07, 6.45) is 0. The molecule has 0 unspecified atom stereocenters. The Morgan fingerprint density at radius 3 is 2.69 bits per heavy atom. The maximum atomic E-state index is 12.1. The number of rotatable bonds is 2. The molecule has 0 bridgehead atoms. The number of ketones is 1. The highest BCUT2D eigenvalue weighted by atomic mass is 79.9. The maximum absolute atomic E-state index is 12.1. The summed E-state index contributed by atoms with van der Waals surface area (Å²) in [5, 5.41) is 2.34. The number of benzene rings is 1. The number of carbonyl (C=O) groups excluding carboxylic acids is 1. The van der Waals surface area contributed by atoms with Crippen molar-refractivity contribution in [2.45, 2.75) is 6.92 Å². The first-order valence-corrected chi connectivity index (χ1v) is 6.68. The van der Waals surface area contributed by atoms with E-state index in [4.69, 9.17) is 11.6 Å². The summed E-state index contributed by atoms with van der Waals surface area (Å²) in [6, 6.07) is 7.38. The van der Waals surface area contributed by atoms with Crippen LogP contribution in [0.15, 0.2) is 34.1 Å². The fourth-order valence-electron chi connectivity index (χ4n) is 1.45. The topological polar surface area (TPSA) is 17.1 Å². The summed E-state index contributed by atoms with van der Waals surface area (Å²) >= 11 is 10.7. The summed E-state index contributed by atoms with van der Waals surface area (Å²) in [5.41, 5.74) is 1.71. The molecule has 1 aromatic heterocycles. The number of hydrogen-bond acceptors (Lipinski definition) is 2. The predicted octanol–water partition coefficient (Wildman–Crippen LogP) is 4.70. The van der Waals surface area contributed by atoms with E-state index in [1.807, 2.05) is 30.5 Å². The molecule has 0 amide bonds.